The van der Waals surface area contributed by atoms with E-state index in [4.69, 9.17) is 38.4 Å². The normalized spacial score (nSPS) is 11.3. The first-order valence-electron chi connectivity index (χ1n) is 14.0. The SMILES string of the molecule is CC(=O)c1cc(COc2ccc(C(F)(F)F)cc2Cl)cc(N(C)C)c1.CC(=O)c1cc(N)cc(COc2ccc(C(F)(F)F)cc2Cl)c1. The van der Waals surface area contributed by atoms with E-state index in [2.05, 4.69) is 0 Å². The van der Waals surface area contributed by atoms with E-state index < -0.39 is 23.5 Å². The maximum atomic E-state index is 12.7. The molecule has 256 valence electrons. The molecule has 0 radical (unpaired) electrons. The van der Waals surface area contributed by atoms with Crippen molar-refractivity contribution in [3.8, 4) is 11.5 Å². The zero-order chi connectivity index (χ0) is 36.0. The maximum absolute atomic E-state index is 12.7. The maximum Gasteiger partial charge on any atom is 0.416 e. The molecule has 0 amide bonds. The fraction of sp³-hybridized carbons (Fsp3) is 0.235. The van der Waals surface area contributed by atoms with E-state index in [9.17, 15) is 35.9 Å². The first kappa shape index (κ1) is 38.0. The predicted molar refractivity (Wildman–Crippen MR) is 173 cm³/mol. The number of carbonyl (C=O) groups is 2. The van der Waals surface area contributed by atoms with Gasteiger partial charge in [-0.3, -0.25) is 9.59 Å². The molecule has 48 heavy (non-hydrogen) atoms. The van der Waals surface area contributed by atoms with Crippen molar-refractivity contribution in [1.82, 2.24) is 0 Å². The molecule has 0 bridgehead atoms. The largest absolute Gasteiger partial charge is 0.487 e. The highest BCUT2D eigenvalue weighted by Crippen LogP contribution is 2.36. The molecule has 0 saturated heterocycles. The highest BCUT2D eigenvalue weighted by atomic mass is 35.5. The summed E-state index contributed by atoms with van der Waals surface area (Å²) in [5.41, 5.74) is 7.54. The first-order valence-corrected chi connectivity index (χ1v) is 14.7. The Morgan fingerprint density at radius 1 is 0.667 bits per heavy atom. The molecule has 0 atom stereocenters. The number of ketones is 2. The van der Waals surface area contributed by atoms with Crippen molar-refractivity contribution in [3.63, 3.8) is 0 Å². The van der Waals surface area contributed by atoms with E-state index in [1.54, 1.807) is 24.3 Å². The summed E-state index contributed by atoms with van der Waals surface area (Å²) in [5, 5.41) is -0.263. The second-order valence-corrected chi connectivity index (χ2v) is 11.5. The molecule has 2 N–H and O–H groups in total. The van der Waals surface area contributed by atoms with Crippen molar-refractivity contribution in [3.05, 3.63) is 116 Å². The van der Waals surface area contributed by atoms with Crippen molar-refractivity contribution in [2.45, 2.75) is 39.4 Å². The molecule has 0 heterocycles. The van der Waals surface area contributed by atoms with Crippen LogP contribution in [0, 0.1) is 0 Å². The lowest BCUT2D eigenvalue weighted by molar-refractivity contribution is -0.138. The molecule has 0 aliphatic rings. The summed E-state index contributed by atoms with van der Waals surface area (Å²) < 4.78 is 86.6. The summed E-state index contributed by atoms with van der Waals surface area (Å²) >= 11 is 11.7. The predicted octanol–water partition coefficient (Wildman–Crippen LogP) is 9.93. The van der Waals surface area contributed by atoms with Gasteiger partial charge in [-0.15, -0.1) is 0 Å². The Balaban J connectivity index is 0.000000261. The van der Waals surface area contributed by atoms with Crippen LogP contribution >= 0.6 is 23.2 Å². The monoisotopic (exact) mass is 714 g/mol. The number of alkyl halides is 6. The minimum Gasteiger partial charge on any atom is -0.487 e. The van der Waals surface area contributed by atoms with Gasteiger partial charge >= 0.3 is 12.4 Å². The molecule has 0 aliphatic heterocycles. The molecule has 0 spiro atoms. The number of Topliss-reactive ketones (excluding diaryl/α,β-unsaturated/α-hetero) is 2. The molecule has 4 aromatic carbocycles. The quantitative estimate of drug-likeness (QED) is 0.106. The van der Waals surface area contributed by atoms with Gasteiger partial charge in [-0.05, 0) is 97.8 Å². The zero-order valence-corrected chi connectivity index (χ0v) is 27.5. The van der Waals surface area contributed by atoms with E-state index in [1.807, 2.05) is 25.1 Å². The number of halogens is 8. The Morgan fingerprint density at radius 3 is 1.46 bits per heavy atom. The summed E-state index contributed by atoms with van der Waals surface area (Å²) in [7, 11) is 3.69. The Morgan fingerprint density at radius 2 is 1.08 bits per heavy atom. The molecule has 0 unspecified atom stereocenters. The van der Waals surface area contributed by atoms with Gasteiger partial charge in [-0.1, -0.05) is 23.2 Å². The van der Waals surface area contributed by atoms with Crippen LogP contribution in [0.25, 0.3) is 0 Å². The number of ether oxygens (including phenoxy) is 2. The Bertz CT molecular complexity index is 1790. The summed E-state index contributed by atoms with van der Waals surface area (Å²) in [4.78, 5) is 24.9. The van der Waals surface area contributed by atoms with Gasteiger partial charge in [-0.25, -0.2) is 0 Å². The number of carbonyl (C=O) groups excluding carboxylic acids is 2. The standard InChI is InChI=1S/C18H17ClF3NO2.C16H13ClF3NO2/c1-11(24)13-6-12(7-15(8-13)23(2)3)10-25-17-5-4-14(9-16(17)19)18(20,21)22;1-9(22)11-4-10(5-13(21)6-11)8-23-15-3-2-12(7-14(15)17)16(18,19)20/h4-9H,10H2,1-3H3;2-7H,8,21H2,1H3. The number of benzene rings is 4. The van der Waals surface area contributed by atoms with Gasteiger partial charge in [0.1, 0.15) is 24.7 Å². The molecule has 0 aliphatic carbocycles. The van der Waals surface area contributed by atoms with Crippen LogP contribution in [0.15, 0.2) is 72.8 Å². The smallest absolute Gasteiger partial charge is 0.416 e. The van der Waals surface area contributed by atoms with E-state index in [0.29, 0.717) is 27.9 Å². The van der Waals surface area contributed by atoms with Crippen LogP contribution in [0.4, 0.5) is 37.7 Å². The van der Waals surface area contributed by atoms with Gasteiger partial charge in [0.05, 0.1) is 21.2 Å². The Kier molecular flexibility index (Phi) is 12.4. The third-order valence-corrected chi connectivity index (χ3v) is 7.22. The van der Waals surface area contributed by atoms with Crippen LogP contribution in [0.1, 0.15) is 56.8 Å². The summed E-state index contributed by atoms with van der Waals surface area (Å²) in [6.07, 6.45) is -8.93. The lowest BCUT2D eigenvalue weighted by Gasteiger charge is -2.16. The number of anilines is 2. The van der Waals surface area contributed by atoms with Crippen LogP contribution in [-0.2, 0) is 25.6 Å². The highest BCUT2D eigenvalue weighted by molar-refractivity contribution is 6.32. The second kappa shape index (κ2) is 15.7. The minimum atomic E-state index is -4.47. The first-order chi connectivity index (χ1) is 22.2. The zero-order valence-electron chi connectivity index (χ0n) is 26.0. The summed E-state index contributed by atoms with van der Waals surface area (Å²) in [5.74, 6) is 0.0318. The lowest BCUT2D eigenvalue weighted by Crippen LogP contribution is -2.11. The Hall–Kier alpha value is -4.42. The molecule has 0 aromatic heterocycles. The van der Waals surface area contributed by atoms with Crippen LogP contribution in [-0.4, -0.2) is 25.7 Å². The molecule has 14 heteroatoms. The average molecular weight is 716 g/mol. The molecule has 0 saturated carbocycles. The van der Waals surface area contributed by atoms with Gasteiger partial charge in [0.15, 0.2) is 11.6 Å². The number of hydrogen-bond acceptors (Lipinski definition) is 6. The molecule has 6 nitrogen and oxygen atoms in total. The van der Waals surface area contributed by atoms with Gasteiger partial charge in [0.2, 0.25) is 0 Å². The van der Waals surface area contributed by atoms with Crippen molar-refractivity contribution < 1.29 is 45.4 Å². The molecular weight excluding hydrogens is 685 g/mol. The number of nitrogen functional groups attached to an aromatic ring is 1. The highest BCUT2D eigenvalue weighted by Gasteiger charge is 2.32. The number of hydrogen-bond donors (Lipinski definition) is 1. The number of rotatable bonds is 9. The fourth-order valence-corrected chi connectivity index (χ4v) is 4.60. The average Bonchev–Trinajstić information content (AvgIpc) is 2.98. The van der Waals surface area contributed by atoms with Gasteiger partial charge in [-0.2, -0.15) is 26.3 Å². The van der Waals surface area contributed by atoms with E-state index in [1.165, 1.54) is 26.0 Å². The molecule has 0 fully saturated rings. The van der Waals surface area contributed by atoms with Crippen LogP contribution in [0.2, 0.25) is 10.0 Å². The summed E-state index contributed by atoms with van der Waals surface area (Å²) in [6, 6.07) is 15.8. The van der Waals surface area contributed by atoms with Crippen LogP contribution < -0.4 is 20.1 Å². The third kappa shape index (κ3) is 10.8. The van der Waals surface area contributed by atoms with Crippen LogP contribution in [0.5, 0.6) is 11.5 Å². The molecule has 4 rings (SSSR count). The van der Waals surface area contributed by atoms with Gasteiger partial charge < -0.3 is 20.1 Å². The van der Waals surface area contributed by atoms with Crippen molar-refractivity contribution in [2.75, 3.05) is 24.7 Å². The third-order valence-electron chi connectivity index (χ3n) is 6.63. The van der Waals surface area contributed by atoms with Crippen LogP contribution in [0.3, 0.4) is 0 Å². The number of nitrogens with two attached hydrogens (primary N) is 1. The van der Waals surface area contributed by atoms with Gasteiger partial charge in [0.25, 0.3) is 0 Å². The molecular formula is C34H30Cl2F6N2O4. The lowest BCUT2D eigenvalue weighted by atomic mass is 10.1. The van der Waals surface area contributed by atoms with Crippen molar-refractivity contribution in [1.29, 1.82) is 0 Å². The van der Waals surface area contributed by atoms with Crippen molar-refractivity contribution in [2.24, 2.45) is 0 Å². The molecule has 4 aromatic rings. The Labute approximate surface area is 283 Å². The van der Waals surface area contributed by atoms with Gasteiger partial charge in [0, 0.05) is 36.6 Å². The minimum absolute atomic E-state index is 0.0242. The van der Waals surface area contributed by atoms with E-state index in [0.717, 1.165) is 36.0 Å². The summed E-state index contributed by atoms with van der Waals surface area (Å²) in [6.45, 7) is 2.97. The van der Waals surface area contributed by atoms with Crippen molar-refractivity contribution >= 4 is 46.1 Å². The second-order valence-electron chi connectivity index (χ2n) is 10.7. The van der Waals surface area contributed by atoms with E-state index >= 15 is 0 Å². The number of nitrogens with zero attached hydrogens (tertiary/aromatic N) is 1. The van der Waals surface area contributed by atoms with E-state index in [-0.39, 0.29) is 46.3 Å². The fourth-order valence-electron chi connectivity index (χ4n) is 4.13. The topological polar surface area (TPSA) is 81.9 Å².